The maximum atomic E-state index is 13.8. The largest absolute Gasteiger partial charge is 0.492 e. The first kappa shape index (κ1) is 24.5. The Labute approximate surface area is 222 Å². The summed E-state index contributed by atoms with van der Waals surface area (Å²) >= 11 is 0. The van der Waals surface area contributed by atoms with Crippen molar-refractivity contribution in [2.45, 2.75) is 31.9 Å². The first-order valence-corrected chi connectivity index (χ1v) is 13.0. The monoisotopic (exact) mass is 516 g/mol. The lowest BCUT2D eigenvalue weighted by Gasteiger charge is -2.57. The Kier molecular flexibility index (Phi) is 5.90. The highest BCUT2D eigenvalue weighted by molar-refractivity contribution is 6.02. The van der Waals surface area contributed by atoms with Crippen molar-refractivity contribution in [1.29, 1.82) is 0 Å². The average molecular weight is 517 g/mol. The fraction of sp³-hybridized carbons (Fsp3) is 0.379. The van der Waals surface area contributed by atoms with E-state index in [0.717, 1.165) is 47.2 Å². The number of hydrogen-bond acceptors (Lipinski definition) is 7. The van der Waals surface area contributed by atoms with E-state index in [0.29, 0.717) is 25.5 Å². The van der Waals surface area contributed by atoms with Gasteiger partial charge in [-0.25, -0.2) is 9.37 Å². The first-order chi connectivity index (χ1) is 18.3. The van der Waals surface area contributed by atoms with Gasteiger partial charge in [-0.15, -0.1) is 0 Å². The third kappa shape index (κ3) is 4.20. The molecule has 198 valence electrons. The van der Waals surface area contributed by atoms with E-state index < -0.39 is 5.54 Å². The van der Waals surface area contributed by atoms with Crippen molar-refractivity contribution >= 4 is 11.9 Å². The van der Waals surface area contributed by atoms with Gasteiger partial charge in [0, 0.05) is 26.3 Å². The summed E-state index contributed by atoms with van der Waals surface area (Å²) in [5, 5.41) is 10.2. The van der Waals surface area contributed by atoms with Crippen LogP contribution >= 0.6 is 0 Å². The normalized spacial score (nSPS) is 23.1. The zero-order chi connectivity index (χ0) is 26.5. The predicted molar refractivity (Wildman–Crippen MR) is 145 cm³/mol. The number of hydrazone groups is 1. The molecule has 2 saturated heterocycles. The van der Waals surface area contributed by atoms with Gasteiger partial charge in [0.25, 0.3) is 0 Å². The third-order valence-electron chi connectivity index (χ3n) is 7.58. The van der Waals surface area contributed by atoms with Gasteiger partial charge in [0.2, 0.25) is 0 Å². The van der Waals surface area contributed by atoms with E-state index in [1.807, 2.05) is 67.0 Å². The lowest BCUT2D eigenvalue weighted by atomic mass is 9.84. The summed E-state index contributed by atoms with van der Waals surface area (Å²) in [6, 6.07) is 12.9. The Morgan fingerprint density at radius 3 is 2.61 bits per heavy atom. The predicted octanol–water partition coefficient (Wildman–Crippen LogP) is 3.91. The molecular formula is C29H33FN6O2. The quantitative estimate of drug-likeness (QED) is 0.555. The highest BCUT2D eigenvalue weighted by atomic mass is 19.1. The minimum absolute atomic E-state index is 0.239. The lowest BCUT2D eigenvalue weighted by molar-refractivity contribution is -0.0880. The second kappa shape index (κ2) is 9.16. The highest BCUT2D eigenvalue weighted by Gasteiger charge is 2.53. The topological polar surface area (TPSA) is 67.2 Å². The molecule has 6 rings (SSSR count). The van der Waals surface area contributed by atoms with Crippen LogP contribution in [-0.2, 0) is 10.3 Å². The molecule has 3 aliphatic heterocycles. The molecule has 1 N–H and O–H groups in total. The molecule has 2 fully saturated rings. The minimum Gasteiger partial charge on any atom is -0.492 e. The van der Waals surface area contributed by atoms with Crippen LogP contribution in [0.1, 0.15) is 30.7 Å². The Morgan fingerprint density at radius 2 is 1.95 bits per heavy atom. The molecule has 3 aromatic rings. The fourth-order valence-electron chi connectivity index (χ4n) is 5.59. The number of halogens is 1. The number of morpholine rings is 1. The maximum absolute atomic E-state index is 13.8. The Hall–Kier alpha value is -3.85. The molecule has 1 spiro atoms. The first-order valence-electron chi connectivity index (χ1n) is 13.0. The van der Waals surface area contributed by atoms with Gasteiger partial charge in [-0.05, 0) is 62.2 Å². The van der Waals surface area contributed by atoms with Gasteiger partial charge in [-0.2, -0.15) is 5.10 Å². The van der Waals surface area contributed by atoms with Crippen LogP contribution in [0.4, 0.5) is 4.39 Å². The number of aromatic nitrogens is 2. The SMILES string of the molecule is CCOc1cc(C=C2OC3(CNC3)CN3C2=NN(C)CC3(C)c2ccc(F)cc2)ccc1-n1cnc(C)c1. The molecule has 4 heterocycles. The number of ether oxygens (including phenoxy) is 2. The van der Waals surface area contributed by atoms with Gasteiger partial charge >= 0.3 is 0 Å². The smallest absolute Gasteiger partial charge is 0.192 e. The van der Waals surface area contributed by atoms with Gasteiger partial charge < -0.3 is 24.3 Å². The van der Waals surface area contributed by atoms with E-state index in [1.165, 1.54) is 12.1 Å². The molecule has 1 aromatic heterocycles. The zero-order valence-electron chi connectivity index (χ0n) is 22.2. The van der Waals surface area contributed by atoms with Crippen LogP contribution < -0.4 is 10.1 Å². The van der Waals surface area contributed by atoms with Crippen LogP contribution in [-0.4, -0.2) is 70.7 Å². The Bertz CT molecular complexity index is 1410. The van der Waals surface area contributed by atoms with Crippen molar-refractivity contribution in [2.75, 3.05) is 39.8 Å². The lowest BCUT2D eigenvalue weighted by Crippen LogP contribution is -2.73. The van der Waals surface area contributed by atoms with E-state index in [1.54, 1.807) is 6.33 Å². The Morgan fingerprint density at radius 1 is 1.16 bits per heavy atom. The second-order valence-corrected chi connectivity index (χ2v) is 10.6. The summed E-state index contributed by atoms with van der Waals surface area (Å²) in [5.74, 6) is 2.02. The summed E-state index contributed by atoms with van der Waals surface area (Å²) in [6.07, 6.45) is 5.82. The number of likely N-dealkylation sites (N-methyl/N-ethyl adjacent to an activating group) is 1. The molecule has 0 radical (unpaired) electrons. The molecule has 9 heteroatoms. The van der Waals surface area contributed by atoms with E-state index in [9.17, 15) is 4.39 Å². The zero-order valence-corrected chi connectivity index (χ0v) is 22.2. The number of nitrogens with one attached hydrogen (secondary N) is 1. The molecule has 8 nitrogen and oxygen atoms in total. The van der Waals surface area contributed by atoms with Crippen LogP contribution in [0.2, 0.25) is 0 Å². The summed E-state index contributed by atoms with van der Waals surface area (Å²) in [5.41, 5.74) is 3.11. The molecule has 0 bridgehead atoms. The number of rotatable bonds is 5. The molecule has 1 atom stereocenters. The van der Waals surface area contributed by atoms with E-state index >= 15 is 0 Å². The number of imidazole rings is 1. The number of nitrogens with zero attached hydrogens (tertiary/aromatic N) is 5. The van der Waals surface area contributed by atoms with Crippen LogP contribution in [0.25, 0.3) is 11.8 Å². The van der Waals surface area contributed by atoms with E-state index in [-0.39, 0.29) is 11.4 Å². The Balaban J connectivity index is 1.42. The number of amidine groups is 1. The van der Waals surface area contributed by atoms with Crippen molar-refractivity contribution in [2.24, 2.45) is 5.10 Å². The molecular weight excluding hydrogens is 483 g/mol. The van der Waals surface area contributed by atoms with Crippen molar-refractivity contribution in [3.8, 4) is 11.4 Å². The molecule has 3 aliphatic rings. The van der Waals surface area contributed by atoms with Crippen LogP contribution in [0.15, 0.2) is 65.8 Å². The maximum Gasteiger partial charge on any atom is 0.192 e. The van der Waals surface area contributed by atoms with Crippen molar-refractivity contribution < 1.29 is 13.9 Å². The highest BCUT2D eigenvalue weighted by Crippen LogP contribution is 2.41. The van der Waals surface area contributed by atoms with Crippen molar-refractivity contribution in [3.05, 3.63) is 83.4 Å². The fourth-order valence-corrected chi connectivity index (χ4v) is 5.59. The van der Waals surface area contributed by atoms with Crippen LogP contribution in [0.5, 0.6) is 5.75 Å². The standard InChI is InChI=1S/C29H33FN6O2/c1-5-37-25-12-21(6-11-24(25)35-14-20(2)32-19-35)13-26-27-33-34(4)17-28(3,22-7-9-23(30)10-8-22)36(27)18-29(38-26)15-31-16-29/h6-14,19,31H,5,15-18H2,1-4H3. The second-order valence-electron chi connectivity index (χ2n) is 10.6. The average Bonchev–Trinajstić information content (AvgIpc) is 3.30. The number of benzene rings is 2. The molecule has 0 amide bonds. The third-order valence-corrected chi connectivity index (χ3v) is 7.58. The van der Waals surface area contributed by atoms with Gasteiger partial charge in [0.15, 0.2) is 17.2 Å². The van der Waals surface area contributed by atoms with Crippen molar-refractivity contribution in [3.63, 3.8) is 0 Å². The molecule has 1 unspecified atom stereocenters. The van der Waals surface area contributed by atoms with E-state index in [2.05, 4.69) is 28.2 Å². The molecule has 38 heavy (non-hydrogen) atoms. The summed E-state index contributed by atoms with van der Waals surface area (Å²) < 4.78 is 28.5. The van der Waals surface area contributed by atoms with E-state index in [4.69, 9.17) is 14.6 Å². The van der Waals surface area contributed by atoms with Gasteiger partial charge in [0.1, 0.15) is 11.6 Å². The summed E-state index contributed by atoms with van der Waals surface area (Å²) in [6.45, 7) is 9.57. The van der Waals surface area contributed by atoms with Gasteiger partial charge in [-0.3, -0.25) is 5.01 Å². The van der Waals surface area contributed by atoms with Gasteiger partial charge in [0.05, 0.1) is 42.9 Å². The van der Waals surface area contributed by atoms with Gasteiger partial charge in [-0.1, -0.05) is 18.2 Å². The van der Waals surface area contributed by atoms with Crippen LogP contribution in [0, 0.1) is 12.7 Å². The molecule has 0 saturated carbocycles. The summed E-state index contributed by atoms with van der Waals surface area (Å²) in [7, 11) is 1.97. The number of fused-ring (bicyclic) bond motifs is 1. The van der Waals surface area contributed by atoms with Crippen molar-refractivity contribution in [1.82, 2.24) is 24.8 Å². The minimum atomic E-state index is -0.412. The number of hydrogen-bond donors (Lipinski definition) is 1. The summed E-state index contributed by atoms with van der Waals surface area (Å²) in [4.78, 5) is 6.70. The molecule has 2 aromatic carbocycles. The van der Waals surface area contributed by atoms with Crippen LogP contribution in [0.3, 0.4) is 0 Å². The number of aryl methyl sites for hydroxylation is 1. The molecule has 0 aliphatic carbocycles.